The molecule has 0 spiro atoms. The zero-order chi connectivity index (χ0) is 19.0. The molecule has 0 amide bonds. The molecule has 0 aliphatic heterocycles. The highest BCUT2D eigenvalue weighted by atomic mass is 16.5. The third kappa shape index (κ3) is 3.56. The number of hydrogen-bond acceptors (Lipinski definition) is 3. The summed E-state index contributed by atoms with van der Waals surface area (Å²) >= 11 is 0. The van der Waals surface area contributed by atoms with Crippen molar-refractivity contribution in [3.63, 3.8) is 0 Å². The van der Waals surface area contributed by atoms with Crippen molar-refractivity contribution in [3.05, 3.63) is 41.0 Å². The smallest absolute Gasteiger partial charge is 0.115 e. The van der Waals surface area contributed by atoms with Gasteiger partial charge in [-0.2, -0.15) is 0 Å². The second-order valence-corrected chi connectivity index (χ2v) is 9.40. The SMILES string of the molecule is CN(C)CCOCC=C1CCC2C3CCc4cc(O)ccc4C3CCC12C. The molecule has 1 aromatic carbocycles. The number of phenolic OH excluding ortho intramolecular Hbond substituents is 1. The van der Waals surface area contributed by atoms with Gasteiger partial charge in [-0.15, -0.1) is 0 Å². The van der Waals surface area contributed by atoms with E-state index in [1.807, 2.05) is 12.1 Å². The molecule has 2 fully saturated rings. The Hall–Kier alpha value is -1.32. The van der Waals surface area contributed by atoms with Gasteiger partial charge in [-0.1, -0.05) is 24.6 Å². The molecule has 1 aromatic rings. The van der Waals surface area contributed by atoms with Crippen LogP contribution in [0.5, 0.6) is 5.75 Å². The first kappa shape index (κ1) is 19.0. The van der Waals surface area contributed by atoms with Crippen LogP contribution >= 0.6 is 0 Å². The number of fused-ring (bicyclic) bond motifs is 5. The molecular formula is C24H35NO2. The highest BCUT2D eigenvalue weighted by Crippen LogP contribution is 2.62. The van der Waals surface area contributed by atoms with Crippen LogP contribution in [0.2, 0.25) is 0 Å². The number of rotatable bonds is 5. The van der Waals surface area contributed by atoms with Gasteiger partial charge in [0.2, 0.25) is 0 Å². The first-order valence-electron chi connectivity index (χ1n) is 10.7. The van der Waals surface area contributed by atoms with Crippen LogP contribution in [-0.2, 0) is 11.2 Å². The van der Waals surface area contributed by atoms with Gasteiger partial charge in [-0.3, -0.25) is 0 Å². The summed E-state index contributed by atoms with van der Waals surface area (Å²) in [7, 11) is 4.18. The number of aromatic hydroxyl groups is 1. The number of phenols is 1. The summed E-state index contributed by atoms with van der Waals surface area (Å²) in [5.74, 6) is 2.74. The number of benzene rings is 1. The molecule has 3 heteroatoms. The summed E-state index contributed by atoms with van der Waals surface area (Å²) in [6.45, 7) is 5.09. The van der Waals surface area contributed by atoms with Gasteiger partial charge in [-0.25, -0.2) is 0 Å². The average Bonchev–Trinajstić information content (AvgIpc) is 2.97. The van der Waals surface area contributed by atoms with E-state index >= 15 is 0 Å². The monoisotopic (exact) mass is 369 g/mol. The van der Waals surface area contributed by atoms with Crippen molar-refractivity contribution in [2.45, 2.75) is 51.4 Å². The molecule has 0 saturated heterocycles. The van der Waals surface area contributed by atoms with E-state index < -0.39 is 0 Å². The Kier molecular flexibility index (Phi) is 5.35. The number of allylic oxidation sites excluding steroid dienone is 1. The Morgan fingerprint density at radius 1 is 1.22 bits per heavy atom. The van der Waals surface area contributed by atoms with E-state index in [-0.39, 0.29) is 0 Å². The van der Waals surface area contributed by atoms with E-state index in [9.17, 15) is 5.11 Å². The zero-order valence-corrected chi connectivity index (χ0v) is 17.2. The minimum absolute atomic E-state index is 0.375. The summed E-state index contributed by atoms with van der Waals surface area (Å²) in [4.78, 5) is 2.17. The van der Waals surface area contributed by atoms with Crippen molar-refractivity contribution in [1.29, 1.82) is 0 Å². The Morgan fingerprint density at radius 3 is 2.89 bits per heavy atom. The molecule has 0 bridgehead atoms. The first-order chi connectivity index (χ1) is 13.0. The molecule has 3 aliphatic rings. The zero-order valence-electron chi connectivity index (χ0n) is 17.2. The standard InChI is InChI=1S/C24H35NO2/c1-24-12-10-21-20-8-6-19(26)16-17(20)4-7-22(21)23(24)9-5-18(24)11-14-27-15-13-25(2)3/h6,8,11,16,21-23,26H,4-5,7,9-10,12-15H2,1-3H3. The molecule has 1 N–H and O–H groups in total. The summed E-state index contributed by atoms with van der Waals surface area (Å²) in [6.07, 6.45) is 10.00. The molecule has 4 atom stereocenters. The molecule has 148 valence electrons. The van der Waals surface area contributed by atoms with Crippen LogP contribution in [0.15, 0.2) is 29.8 Å². The van der Waals surface area contributed by atoms with E-state index in [1.54, 1.807) is 5.57 Å². The molecule has 0 heterocycles. The van der Waals surface area contributed by atoms with Gasteiger partial charge in [0, 0.05) is 6.54 Å². The normalized spacial score (nSPS) is 33.8. The third-order valence-electron chi connectivity index (χ3n) is 7.69. The molecular weight excluding hydrogens is 334 g/mol. The minimum atomic E-state index is 0.375. The highest BCUT2D eigenvalue weighted by Gasteiger charge is 2.52. The summed E-state index contributed by atoms with van der Waals surface area (Å²) in [6, 6.07) is 6.10. The lowest BCUT2D eigenvalue weighted by Crippen LogP contribution is -2.40. The Morgan fingerprint density at radius 2 is 2.07 bits per heavy atom. The van der Waals surface area contributed by atoms with Gasteiger partial charge < -0.3 is 14.7 Å². The van der Waals surface area contributed by atoms with Crippen molar-refractivity contribution in [2.24, 2.45) is 17.3 Å². The molecule has 3 aliphatic carbocycles. The molecule has 2 saturated carbocycles. The van der Waals surface area contributed by atoms with Gasteiger partial charge in [0.25, 0.3) is 0 Å². The maximum atomic E-state index is 9.84. The quantitative estimate of drug-likeness (QED) is 0.600. The van der Waals surface area contributed by atoms with Crippen LogP contribution in [0.4, 0.5) is 0 Å². The van der Waals surface area contributed by atoms with E-state index in [0.29, 0.717) is 17.1 Å². The fraction of sp³-hybridized carbons (Fsp3) is 0.667. The molecule has 3 nitrogen and oxygen atoms in total. The molecule has 0 aromatic heterocycles. The topological polar surface area (TPSA) is 32.7 Å². The number of ether oxygens (including phenoxy) is 1. The second kappa shape index (κ2) is 7.60. The molecule has 27 heavy (non-hydrogen) atoms. The van der Waals surface area contributed by atoms with Crippen molar-refractivity contribution in [2.75, 3.05) is 33.9 Å². The predicted octanol–water partition coefficient (Wildman–Crippen LogP) is 4.75. The van der Waals surface area contributed by atoms with Crippen molar-refractivity contribution in [1.82, 2.24) is 4.90 Å². The lowest BCUT2D eigenvalue weighted by molar-refractivity contribution is 0.0801. The third-order valence-corrected chi connectivity index (χ3v) is 7.69. The number of aryl methyl sites for hydroxylation is 1. The van der Waals surface area contributed by atoms with E-state index in [2.05, 4.69) is 38.1 Å². The maximum Gasteiger partial charge on any atom is 0.115 e. The van der Waals surface area contributed by atoms with Crippen LogP contribution in [0.1, 0.15) is 56.1 Å². The molecule has 4 rings (SSSR count). The number of hydrogen-bond donors (Lipinski definition) is 1. The van der Waals surface area contributed by atoms with E-state index in [0.717, 1.165) is 38.0 Å². The van der Waals surface area contributed by atoms with Crippen LogP contribution in [0.3, 0.4) is 0 Å². The van der Waals surface area contributed by atoms with Crippen LogP contribution < -0.4 is 0 Å². The van der Waals surface area contributed by atoms with Crippen LogP contribution in [0, 0.1) is 17.3 Å². The van der Waals surface area contributed by atoms with Gasteiger partial charge >= 0.3 is 0 Å². The van der Waals surface area contributed by atoms with Gasteiger partial charge in [0.15, 0.2) is 0 Å². The first-order valence-corrected chi connectivity index (χ1v) is 10.7. The summed E-state index contributed by atoms with van der Waals surface area (Å²) in [5.41, 5.74) is 4.95. The Bertz CT molecular complexity index is 710. The average molecular weight is 370 g/mol. The Labute approximate surface area is 164 Å². The van der Waals surface area contributed by atoms with E-state index in [4.69, 9.17) is 4.74 Å². The van der Waals surface area contributed by atoms with Gasteiger partial charge in [0.1, 0.15) is 5.75 Å². The van der Waals surface area contributed by atoms with Gasteiger partial charge in [-0.05, 0) is 99.0 Å². The fourth-order valence-corrected chi connectivity index (χ4v) is 6.24. The Balaban J connectivity index is 1.46. The minimum Gasteiger partial charge on any atom is -0.508 e. The van der Waals surface area contributed by atoms with E-state index in [1.165, 1.54) is 43.2 Å². The highest BCUT2D eigenvalue weighted by molar-refractivity contribution is 5.40. The predicted molar refractivity (Wildman–Crippen MR) is 110 cm³/mol. The lowest BCUT2D eigenvalue weighted by atomic mass is 9.55. The van der Waals surface area contributed by atoms with Crippen molar-refractivity contribution >= 4 is 0 Å². The largest absolute Gasteiger partial charge is 0.508 e. The summed E-state index contributed by atoms with van der Waals surface area (Å²) in [5, 5.41) is 9.84. The molecule has 0 radical (unpaired) electrons. The van der Waals surface area contributed by atoms with Crippen LogP contribution in [0.25, 0.3) is 0 Å². The van der Waals surface area contributed by atoms with Gasteiger partial charge in [0.05, 0.1) is 13.2 Å². The maximum absolute atomic E-state index is 9.84. The second-order valence-electron chi connectivity index (χ2n) is 9.40. The fourth-order valence-electron chi connectivity index (χ4n) is 6.24. The molecule has 4 unspecified atom stereocenters. The van der Waals surface area contributed by atoms with Crippen molar-refractivity contribution in [3.8, 4) is 5.75 Å². The lowest BCUT2D eigenvalue weighted by Gasteiger charge is -2.49. The summed E-state index contributed by atoms with van der Waals surface area (Å²) < 4.78 is 5.85. The number of likely N-dealkylation sites (N-methyl/N-ethyl adjacent to an activating group) is 1. The van der Waals surface area contributed by atoms with Crippen LogP contribution in [-0.4, -0.2) is 43.9 Å². The number of nitrogens with zero attached hydrogens (tertiary/aromatic N) is 1. The van der Waals surface area contributed by atoms with Crippen molar-refractivity contribution < 1.29 is 9.84 Å².